The molecule has 5 heteroatoms. The van der Waals surface area contributed by atoms with Crippen molar-refractivity contribution >= 4 is 29.1 Å². The largest absolute Gasteiger partial charge is 0.379 e. The summed E-state index contributed by atoms with van der Waals surface area (Å²) >= 11 is 6.40. The van der Waals surface area contributed by atoms with Crippen LogP contribution in [0.4, 0.5) is 14.5 Å². The summed E-state index contributed by atoms with van der Waals surface area (Å²) in [4.78, 5) is 0.560. The fourth-order valence-electron chi connectivity index (χ4n) is 1.82. The Bertz CT molecular complexity index is 543. The van der Waals surface area contributed by atoms with Gasteiger partial charge in [-0.05, 0) is 48.9 Å². The van der Waals surface area contributed by atoms with E-state index in [1.54, 1.807) is 24.3 Å². The third-order valence-corrected chi connectivity index (χ3v) is 3.81. The summed E-state index contributed by atoms with van der Waals surface area (Å²) in [6.07, 6.45) is 0. The standard InChI is InChI=1S/C15H14ClF2NS/c1-10(11-2-4-12(16)5-3-11)19-13-6-8-14(9-7-13)20-15(17)18/h2-10,15,19H,1H3. The van der Waals surface area contributed by atoms with Crippen molar-refractivity contribution < 1.29 is 8.78 Å². The summed E-state index contributed by atoms with van der Waals surface area (Å²) in [5.74, 6) is -2.39. The first-order chi connectivity index (χ1) is 9.54. The Morgan fingerprint density at radius 3 is 2.15 bits per heavy atom. The van der Waals surface area contributed by atoms with Crippen molar-refractivity contribution in [3.63, 3.8) is 0 Å². The highest BCUT2D eigenvalue weighted by Gasteiger charge is 2.07. The van der Waals surface area contributed by atoms with E-state index in [-0.39, 0.29) is 6.04 Å². The molecule has 1 nitrogen and oxygen atoms in total. The highest BCUT2D eigenvalue weighted by Crippen LogP contribution is 2.27. The Hall–Kier alpha value is -1.26. The predicted molar refractivity (Wildman–Crippen MR) is 81.8 cm³/mol. The smallest absolute Gasteiger partial charge is 0.288 e. The summed E-state index contributed by atoms with van der Waals surface area (Å²) in [5, 5.41) is 4.02. The maximum atomic E-state index is 12.2. The molecule has 20 heavy (non-hydrogen) atoms. The second-order valence-corrected chi connectivity index (χ2v) is 5.82. The Labute approximate surface area is 126 Å². The average molecular weight is 314 g/mol. The number of rotatable bonds is 5. The Morgan fingerprint density at radius 2 is 1.60 bits per heavy atom. The number of halogens is 3. The Balaban J connectivity index is 2.00. The SMILES string of the molecule is CC(Nc1ccc(SC(F)F)cc1)c1ccc(Cl)cc1. The van der Waals surface area contributed by atoms with Gasteiger partial charge in [-0.25, -0.2) is 0 Å². The zero-order valence-electron chi connectivity index (χ0n) is 10.8. The molecule has 1 unspecified atom stereocenters. The van der Waals surface area contributed by atoms with E-state index in [0.717, 1.165) is 11.3 Å². The van der Waals surface area contributed by atoms with Gasteiger partial charge in [0.25, 0.3) is 5.76 Å². The minimum Gasteiger partial charge on any atom is -0.379 e. The van der Waals surface area contributed by atoms with Crippen LogP contribution < -0.4 is 5.32 Å². The first-order valence-corrected chi connectivity index (χ1v) is 7.37. The fourth-order valence-corrected chi connectivity index (χ4v) is 2.44. The molecule has 2 aromatic carbocycles. The molecule has 0 aliphatic heterocycles. The molecule has 106 valence electrons. The molecule has 0 aliphatic carbocycles. The number of alkyl halides is 2. The second-order valence-electron chi connectivity index (χ2n) is 4.32. The molecular formula is C15H14ClF2NS. The Kier molecular flexibility index (Phi) is 5.26. The average Bonchev–Trinajstić information content (AvgIpc) is 2.41. The molecule has 0 spiro atoms. The molecule has 2 rings (SSSR count). The van der Waals surface area contributed by atoms with Crippen molar-refractivity contribution in [3.8, 4) is 0 Å². The molecule has 1 N–H and O–H groups in total. The summed E-state index contributed by atoms with van der Waals surface area (Å²) in [5.41, 5.74) is 2.01. The van der Waals surface area contributed by atoms with Gasteiger partial charge in [-0.1, -0.05) is 35.5 Å². The molecular weight excluding hydrogens is 300 g/mol. The van der Waals surface area contributed by atoms with Gasteiger partial charge in [-0.2, -0.15) is 8.78 Å². The lowest BCUT2D eigenvalue weighted by atomic mass is 10.1. The van der Waals surface area contributed by atoms with E-state index in [2.05, 4.69) is 5.32 Å². The van der Waals surface area contributed by atoms with Gasteiger partial charge in [-0.3, -0.25) is 0 Å². The van der Waals surface area contributed by atoms with Crippen molar-refractivity contribution in [2.75, 3.05) is 5.32 Å². The van der Waals surface area contributed by atoms with Crippen LogP contribution in [-0.2, 0) is 0 Å². The zero-order chi connectivity index (χ0) is 14.5. The van der Waals surface area contributed by atoms with Crippen molar-refractivity contribution in [3.05, 3.63) is 59.1 Å². The van der Waals surface area contributed by atoms with Gasteiger partial charge < -0.3 is 5.32 Å². The number of hydrogen-bond acceptors (Lipinski definition) is 2. The summed E-state index contributed by atoms with van der Waals surface area (Å²) in [6, 6.07) is 14.7. The minimum absolute atomic E-state index is 0.112. The van der Waals surface area contributed by atoms with Crippen LogP contribution in [0.3, 0.4) is 0 Å². The molecule has 0 heterocycles. The highest BCUT2D eigenvalue weighted by atomic mass is 35.5. The number of hydrogen-bond donors (Lipinski definition) is 1. The van der Waals surface area contributed by atoms with Crippen molar-refractivity contribution in [1.29, 1.82) is 0 Å². The molecule has 0 aromatic heterocycles. The van der Waals surface area contributed by atoms with E-state index >= 15 is 0 Å². The quantitative estimate of drug-likeness (QED) is 0.697. The number of benzene rings is 2. The van der Waals surface area contributed by atoms with E-state index in [1.165, 1.54) is 0 Å². The van der Waals surface area contributed by atoms with Crippen molar-refractivity contribution in [1.82, 2.24) is 0 Å². The van der Waals surface area contributed by atoms with Crippen LogP contribution in [0, 0.1) is 0 Å². The summed E-state index contributed by atoms with van der Waals surface area (Å²) in [6.45, 7) is 2.03. The molecule has 1 atom stereocenters. The van der Waals surface area contributed by atoms with Crippen LogP contribution in [0.5, 0.6) is 0 Å². The molecule has 0 radical (unpaired) electrons. The van der Waals surface area contributed by atoms with Gasteiger partial charge in [0.15, 0.2) is 0 Å². The van der Waals surface area contributed by atoms with Gasteiger partial charge >= 0.3 is 0 Å². The van der Waals surface area contributed by atoms with E-state index < -0.39 is 5.76 Å². The van der Waals surface area contributed by atoms with Gasteiger partial charge in [0.2, 0.25) is 0 Å². The van der Waals surface area contributed by atoms with Crippen LogP contribution in [0.1, 0.15) is 18.5 Å². The Morgan fingerprint density at radius 1 is 1.00 bits per heavy atom. The first kappa shape index (κ1) is 15.1. The molecule has 0 amide bonds. The highest BCUT2D eigenvalue weighted by molar-refractivity contribution is 7.99. The van der Waals surface area contributed by atoms with E-state index in [4.69, 9.17) is 11.6 Å². The maximum Gasteiger partial charge on any atom is 0.288 e. The van der Waals surface area contributed by atoms with Gasteiger partial charge in [0, 0.05) is 21.6 Å². The van der Waals surface area contributed by atoms with Crippen LogP contribution in [0.15, 0.2) is 53.4 Å². The van der Waals surface area contributed by atoms with Gasteiger partial charge in [-0.15, -0.1) is 0 Å². The molecule has 2 aromatic rings. The van der Waals surface area contributed by atoms with Gasteiger partial charge in [0.1, 0.15) is 0 Å². The lowest BCUT2D eigenvalue weighted by molar-refractivity contribution is 0.252. The topological polar surface area (TPSA) is 12.0 Å². The number of nitrogens with one attached hydrogen (secondary N) is 1. The zero-order valence-corrected chi connectivity index (χ0v) is 12.4. The predicted octanol–water partition coefficient (Wildman–Crippen LogP) is 5.83. The summed E-state index contributed by atoms with van der Waals surface area (Å²) in [7, 11) is 0. The number of thioether (sulfide) groups is 1. The van der Waals surface area contributed by atoms with Crippen LogP contribution >= 0.6 is 23.4 Å². The third-order valence-electron chi connectivity index (χ3n) is 2.83. The van der Waals surface area contributed by atoms with Crippen LogP contribution in [-0.4, -0.2) is 5.76 Å². The van der Waals surface area contributed by atoms with Gasteiger partial charge in [0.05, 0.1) is 0 Å². The summed E-state index contributed by atoms with van der Waals surface area (Å²) < 4.78 is 24.4. The first-order valence-electron chi connectivity index (χ1n) is 6.11. The minimum atomic E-state index is -2.39. The molecule has 0 bridgehead atoms. The van der Waals surface area contributed by atoms with E-state index in [0.29, 0.717) is 21.7 Å². The fraction of sp³-hybridized carbons (Fsp3) is 0.200. The normalized spacial score (nSPS) is 12.4. The van der Waals surface area contributed by atoms with E-state index in [9.17, 15) is 8.78 Å². The lowest BCUT2D eigenvalue weighted by Crippen LogP contribution is -2.06. The maximum absolute atomic E-state index is 12.2. The third kappa shape index (κ3) is 4.39. The lowest BCUT2D eigenvalue weighted by Gasteiger charge is -2.16. The second kappa shape index (κ2) is 6.95. The molecule has 0 saturated carbocycles. The van der Waals surface area contributed by atoms with Crippen molar-refractivity contribution in [2.45, 2.75) is 23.6 Å². The van der Waals surface area contributed by atoms with E-state index in [1.807, 2.05) is 31.2 Å². The monoisotopic (exact) mass is 313 g/mol. The molecule has 0 fully saturated rings. The molecule has 0 saturated heterocycles. The van der Waals surface area contributed by atoms with Crippen molar-refractivity contribution in [2.24, 2.45) is 0 Å². The van der Waals surface area contributed by atoms with Crippen LogP contribution in [0.2, 0.25) is 5.02 Å². The van der Waals surface area contributed by atoms with Crippen LogP contribution in [0.25, 0.3) is 0 Å². The molecule has 0 aliphatic rings. The number of anilines is 1.